The van der Waals surface area contributed by atoms with Gasteiger partial charge in [-0.1, -0.05) is 46.2 Å². The van der Waals surface area contributed by atoms with Crippen LogP contribution in [-0.2, 0) is 11.2 Å². The van der Waals surface area contributed by atoms with Crippen molar-refractivity contribution in [1.29, 1.82) is 0 Å². The van der Waals surface area contributed by atoms with Crippen LogP contribution in [0.2, 0.25) is 0 Å². The zero-order valence-corrected chi connectivity index (χ0v) is 12.0. The quantitative estimate of drug-likeness (QED) is 0.793. The zero-order chi connectivity index (χ0) is 13.6. The predicted molar refractivity (Wildman–Crippen MR) is 77.8 cm³/mol. The van der Waals surface area contributed by atoms with E-state index < -0.39 is 0 Å². The third-order valence-corrected chi connectivity index (χ3v) is 3.53. The minimum Gasteiger partial charge on any atom is -0.326 e. The van der Waals surface area contributed by atoms with E-state index in [1.165, 1.54) is 18.4 Å². The minimum atomic E-state index is -0.305. The van der Waals surface area contributed by atoms with Gasteiger partial charge in [-0.15, -0.1) is 0 Å². The molecular formula is C16H25NO. The first-order chi connectivity index (χ1) is 8.49. The molecule has 0 spiro atoms. The van der Waals surface area contributed by atoms with Crippen LogP contribution >= 0.6 is 0 Å². The molecule has 0 saturated carbocycles. The summed E-state index contributed by atoms with van der Waals surface area (Å²) in [6, 6.07) is 8.19. The van der Waals surface area contributed by atoms with Gasteiger partial charge in [0.1, 0.15) is 0 Å². The smallest absolute Gasteiger partial charge is 0.230 e. The second-order valence-corrected chi connectivity index (χ2v) is 5.49. The molecule has 1 rings (SSSR count). The van der Waals surface area contributed by atoms with Gasteiger partial charge in [-0.05, 0) is 37.0 Å². The van der Waals surface area contributed by atoms with Gasteiger partial charge in [0.15, 0.2) is 0 Å². The summed E-state index contributed by atoms with van der Waals surface area (Å²) in [5, 5.41) is 2.98. The molecule has 100 valence electrons. The molecule has 18 heavy (non-hydrogen) atoms. The predicted octanol–water partition coefficient (Wildman–Crippen LogP) is 4.40. The molecule has 0 aromatic heterocycles. The van der Waals surface area contributed by atoms with Crippen LogP contribution in [-0.4, -0.2) is 5.91 Å². The largest absolute Gasteiger partial charge is 0.326 e. The molecule has 1 aromatic rings. The molecule has 1 amide bonds. The maximum Gasteiger partial charge on any atom is 0.230 e. The number of anilines is 1. The monoisotopic (exact) mass is 247 g/mol. The van der Waals surface area contributed by atoms with Crippen molar-refractivity contribution >= 4 is 11.6 Å². The summed E-state index contributed by atoms with van der Waals surface area (Å²) in [5.74, 6) is 0.0892. The molecule has 0 fully saturated rings. The topological polar surface area (TPSA) is 29.1 Å². The number of aryl methyl sites for hydroxylation is 1. The Labute approximate surface area is 111 Å². The number of hydrogen-bond donors (Lipinski definition) is 1. The molecule has 2 nitrogen and oxygen atoms in total. The highest BCUT2D eigenvalue weighted by Gasteiger charge is 2.24. The van der Waals surface area contributed by atoms with Crippen molar-refractivity contribution in [2.45, 2.75) is 53.4 Å². The molecular weight excluding hydrogens is 222 g/mol. The van der Waals surface area contributed by atoms with E-state index >= 15 is 0 Å². The van der Waals surface area contributed by atoms with Crippen LogP contribution in [0.5, 0.6) is 0 Å². The molecule has 0 aliphatic rings. The van der Waals surface area contributed by atoms with Crippen molar-refractivity contribution in [3.63, 3.8) is 0 Å². The fraction of sp³-hybridized carbons (Fsp3) is 0.562. The van der Waals surface area contributed by atoms with Gasteiger partial charge in [0.05, 0.1) is 0 Å². The standard InChI is InChI=1S/C16H25NO/c1-5-7-8-13-9-11-14(12-10-13)17-15(18)16(3,4)6-2/h9-12H,5-8H2,1-4H3,(H,17,18). The first kappa shape index (κ1) is 14.7. The van der Waals surface area contributed by atoms with Crippen molar-refractivity contribution in [2.75, 3.05) is 5.32 Å². The fourth-order valence-corrected chi connectivity index (χ4v) is 1.60. The number of hydrogen-bond acceptors (Lipinski definition) is 1. The van der Waals surface area contributed by atoms with Crippen LogP contribution in [0.25, 0.3) is 0 Å². The lowest BCUT2D eigenvalue weighted by Crippen LogP contribution is -2.29. The van der Waals surface area contributed by atoms with E-state index in [4.69, 9.17) is 0 Å². The van der Waals surface area contributed by atoms with Crippen LogP contribution in [0, 0.1) is 5.41 Å². The first-order valence-corrected chi connectivity index (χ1v) is 6.90. The number of unbranched alkanes of at least 4 members (excludes halogenated alkanes) is 1. The summed E-state index contributed by atoms with van der Waals surface area (Å²) in [7, 11) is 0. The van der Waals surface area contributed by atoms with Crippen molar-refractivity contribution in [1.82, 2.24) is 0 Å². The van der Waals surface area contributed by atoms with E-state index in [1.54, 1.807) is 0 Å². The third kappa shape index (κ3) is 4.17. The van der Waals surface area contributed by atoms with Crippen molar-refractivity contribution < 1.29 is 4.79 Å². The minimum absolute atomic E-state index is 0.0892. The number of amides is 1. The Kier molecular flexibility index (Phi) is 5.39. The van der Waals surface area contributed by atoms with Crippen molar-refractivity contribution in [2.24, 2.45) is 5.41 Å². The normalized spacial score (nSPS) is 11.3. The summed E-state index contributed by atoms with van der Waals surface area (Å²) in [6.45, 7) is 8.17. The third-order valence-electron chi connectivity index (χ3n) is 3.53. The Bertz CT molecular complexity index is 379. The van der Waals surface area contributed by atoms with E-state index in [-0.39, 0.29) is 11.3 Å². The molecule has 1 aromatic carbocycles. The summed E-state index contributed by atoms with van der Waals surface area (Å²) < 4.78 is 0. The lowest BCUT2D eigenvalue weighted by atomic mass is 9.89. The highest BCUT2D eigenvalue weighted by Crippen LogP contribution is 2.22. The second kappa shape index (κ2) is 6.58. The number of nitrogens with one attached hydrogen (secondary N) is 1. The van der Waals surface area contributed by atoms with Gasteiger partial charge in [-0.25, -0.2) is 0 Å². The Morgan fingerprint density at radius 2 is 1.78 bits per heavy atom. The Morgan fingerprint density at radius 1 is 1.17 bits per heavy atom. The Hall–Kier alpha value is -1.31. The average molecular weight is 247 g/mol. The van der Waals surface area contributed by atoms with Gasteiger partial charge in [0, 0.05) is 11.1 Å². The van der Waals surface area contributed by atoms with Crippen LogP contribution in [0.1, 0.15) is 52.5 Å². The van der Waals surface area contributed by atoms with Gasteiger partial charge in [-0.2, -0.15) is 0 Å². The Balaban J connectivity index is 2.61. The molecule has 0 saturated heterocycles. The van der Waals surface area contributed by atoms with Crippen molar-refractivity contribution in [3.05, 3.63) is 29.8 Å². The zero-order valence-electron chi connectivity index (χ0n) is 12.0. The van der Waals surface area contributed by atoms with Crippen LogP contribution in [0.4, 0.5) is 5.69 Å². The second-order valence-electron chi connectivity index (χ2n) is 5.49. The molecule has 1 N–H and O–H groups in total. The summed E-state index contributed by atoms with van der Waals surface area (Å²) in [6.07, 6.45) is 4.39. The van der Waals surface area contributed by atoms with Gasteiger partial charge in [0.25, 0.3) is 0 Å². The Morgan fingerprint density at radius 3 is 2.28 bits per heavy atom. The van der Waals surface area contributed by atoms with Crippen molar-refractivity contribution in [3.8, 4) is 0 Å². The van der Waals surface area contributed by atoms with Crippen LogP contribution in [0.15, 0.2) is 24.3 Å². The molecule has 0 atom stereocenters. The van der Waals surface area contributed by atoms with E-state index in [0.717, 1.165) is 18.5 Å². The van der Waals surface area contributed by atoms with E-state index in [0.29, 0.717) is 0 Å². The maximum atomic E-state index is 12.0. The SMILES string of the molecule is CCCCc1ccc(NC(=O)C(C)(C)CC)cc1. The van der Waals surface area contributed by atoms with Crippen LogP contribution < -0.4 is 5.32 Å². The molecule has 0 heterocycles. The molecule has 0 bridgehead atoms. The van der Waals surface area contributed by atoms with Gasteiger partial charge >= 0.3 is 0 Å². The van der Waals surface area contributed by atoms with Gasteiger partial charge < -0.3 is 5.32 Å². The number of rotatable bonds is 6. The molecule has 0 unspecified atom stereocenters. The summed E-state index contributed by atoms with van der Waals surface area (Å²) in [4.78, 5) is 12.0. The molecule has 0 aliphatic carbocycles. The average Bonchev–Trinajstić information content (AvgIpc) is 2.37. The molecule has 0 aliphatic heterocycles. The van der Waals surface area contributed by atoms with Crippen LogP contribution in [0.3, 0.4) is 0 Å². The highest BCUT2D eigenvalue weighted by molar-refractivity contribution is 5.94. The summed E-state index contributed by atoms with van der Waals surface area (Å²) >= 11 is 0. The maximum absolute atomic E-state index is 12.0. The van der Waals surface area contributed by atoms with E-state index in [1.807, 2.05) is 32.9 Å². The van der Waals surface area contributed by atoms with Gasteiger partial charge in [0.2, 0.25) is 5.91 Å². The number of benzene rings is 1. The summed E-state index contributed by atoms with van der Waals surface area (Å²) in [5.41, 5.74) is 1.92. The molecule has 0 radical (unpaired) electrons. The fourth-order valence-electron chi connectivity index (χ4n) is 1.60. The lowest BCUT2D eigenvalue weighted by molar-refractivity contribution is -0.124. The lowest BCUT2D eigenvalue weighted by Gasteiger charge is -2.21. The van der Waals surface area contributed by atoms with E-state index in [9.17, 15) is 4.79 Å². The van der Waals surface area contributed by atoms with Gasteiger partial charge in [-0.3, -0.25) is 4.79 Å². The first-order valence-electron chi connectivity index (χ1n) is 6.90. The molecule has 2 heteroatoms. The highest BCUT2D eigenvalue weighted by atomic mass is 16.2. The number of carbonyl (C=O) groups excluding carboxylic acids is 1. The van der Waals surface area contributed by atoms with E-state index in [2.05, 4.69) is 24.4 Å². The number of carbonyl (C=O) groups is 1.